The number of carbonyl (C=O) groups is 3. The van der Waals surface area contributed by atoms with Gasteiger partial charge in [0.25, 0.3) is 0 Å². The zero-order valence-electron chi connectivity index (χ0n) is 18.4. The molecule has 0 aliphatic carbocycles. The Morgan fingerprint density at radius 2 is 1.64 bits per heavy atom. The fourth-order valence-electron chi connectivity index (χ4n) is 4.88. The van der Waals surface area contributed by atoms with Crippen LogP contribution in [-0.2, 0) is 19.8 Å². The van der Waals surface area contributed by atoms with Crippen LogP contribution in [0.3, 0.4) is 0 Å². The van der Waals surface area contributed by atoms with E-state index in [1.807, 2.05) is 65.6 Å². The number of nitrogens with one attached hydrogen (secondary N) is 1. The summed E-state index contributed by atoms with van der Waals surface area (Å²) in [5, 5.41) is 3.54. The highest BCUT2D eigenvalue weighted by Crippen LogP contribution is 2.37. The highest BCUT2D eigenvalue weighted by molar-refractivity contribution is 6.09. The molecule has 2 saturated heterocycles. The Morgan fingerprint density at radius 3 is 2.36 bits per heavy atom. The van der Waals surface area contributed by atoms with Gasteiger partial charge in [0.05, 0.1) is 10.9 Å². The summed E-state index contributed by atoms with van der Waals surface area (Å²) in [6.07, 6.45) is 0.633. The molecule has 3 heterocycles. The highest BCUT2D eigenvalue weighted by atomic mass is 16.2. The maximum Gasteiger partial charge on any atom is 0.237 e. The fourth-order valence-corrected chi connectivity index (χ4v) is 4.88. The predicted molar refractivity (Wildman–Crippen MR) is 126 cm³/mol. The van der Waals surface area contributed by atoms with Gasteiger partial charge < -0.3 is 9.80 Å². The molecule has 2 aliphatic heterocycles. The number of aromatic nitrogens is 1. The van der Waals surface area contributed by atoms with Crippen LogP contribution in [0.4, 0.5) is 5.82 Å². The number of imide groups is 1. The van der Waals surface area contributed by atoms with E-state index in [1.165, 1.54) is 0 Å². The summed E-state index contributed by atoms with van der Waals surface area (Å²) in [6.45, 7) is 2.63. The van der Waals surface area contributed by atoms with E-state index < -0.39 is 5.41 Å². The zero-order valence-corrected chi connectivity index (χ0v) is 18.4. The summed E-state index contributed by atoms with van der Waals surface area (Å²) in [5.41, 5.74) is 0.780. The van der Waals surface area contributed by atoms with Crippen molar-refractivity contribution in [3.63, 3.8) is 0 Å². The number of anilines is 1. The number of carbonyl (C=O) groups excluding carboxylic acids is 3. The van der Waals surface area contributed by atoms with E-state index in [9.17, 15) is 14.4 Å². The lowest BCUT2D eigenvalue weighted by Crippen LogP contribution is -2.49. The molecule has 7 heteroatoms. The summed E-state index contributed by atoms with van der Waals surface area (Å²) < 4.78 is 0. The number of amides is 3. The van der Waals surface area contributed by atoms with E-state index >= 15 is 0 Å². The average Bonchev–Trinajstić information content (AvgIpc) is 3.16. The smallest absolute Gasteiger partial charge is 0.237 e. The molecule has 0 bridgehead atoms. The molecular formula is C26H26N4O3. The van der Waals surface area contributed by atoms with Crippen molar-refractivity contribution in [2.24, 2.45) is 0 Å². The molecule has 33 heavy (non-hydrogen) atoms. The second kappa shape index (κ2) is 8.65. The molecule has 5 rings (SSSR count). The van der Waals surface area contributed by atoms with Gasteiger partial charge in [-0.25, -0.2) is 4.98 Å². The van der Waals surface area contributed by atoms with Gasteiger partial charge in [0.2, 0.25) is 17.7 Å². The van der Waals surface area contributed by atoms with Gasteiger partial charge in [-0.15, -0.1) is 0 Å². The van der Waals surface area contributed by atoms with Gasteiger partial charge in [0.1, 0.15) is 5.82 Å². The highest BCUT2D eigenvalue weighted by Gasteiger charge is 2.48. The molecule has 1 N–H and O–H groups in total. The van der Waals surface area contributed by atoms with Gasteiger partial charge in [-0.3, -0.25) is 19.7 Å². The molecule has 2 aromatic carbocycles. The van der Waals surface area contributed by atoms with Crippen LogP contribution in [0.25, 0.3) is 10.9 Å². The summed E-state index contributed by atoms with van der Waals surface area (Å²) >= 11 is 0. The number of pyridine rings is 1. The first-order valence-electron chi connectivity index (χ1n) is 11.3. The molecule has 1 atom stereocenters. The lowest BCUT2D eigenvalue weighted by molar-refractivity contribution is -0.132. The normalized spacial score (nSPS) is 20.8. The van der Waals surface area contributed by atoms with Gasteiger partial charge in [-0.1, -0.05) is 48.5 Å². The van der Waals surface area contributed by atoms with Crippen molar-refractivity contribution in [3.8, 4) is 0 Å². The molecule has 3 aromatic rings. The van der Waals surface area contributed by atoms with Crippen LogP contribution >= 0.6 is 0 Å². The van der Waals surface area contributed by atoms with Crippen LogP contribution in [0, 0.1) is 0 Å². The predicted octanol–water partition coefficient (Wildman–Crippen LogP) is 2.65. The number of nitrogens with zero attached hydrogens (tertiary/aromatic N) is 3. The molecular weight excluding hydrogens is 416 g/mol. The van der Waals surface area contributed by atoms with Crippen molar-refractivity contribution in [1.82, 2.24) is 15.2 Å². The van der Waals surface area contributed by atoms with Crippen LogP contribution in [0.1, 0.15) is 24.8 Å². The van der Waals surface area contributed by atoms with Crippen molar-refractivity contribution in [2.75, 3.05) is 31.1 Å². The molecule has 168 valence electrons. The number of rotatable bonds is 5. The SMILES string of the molecule is O=C1CC(CCC(=O)N2CCN(c3ccc4ccccc4n3)CC2)(c2ccccc2)C(=O)N1. The molecule has 2 aliphatic rings. The molecule has 0 radical (unpaired) electrons. The maximum absolute atomic E-state index is 13.0. The summed E-state index contributed by atoms with van der Waals surface area (Å²) in [5.74, 6) is 0.347. The molecule has 1 unspecified atom stereocenters. The van der Waals surface area contributed by atoms with Crippen LogP contribution in [0.15, 0.2) is 66.7 Å². The number of fused-ring (bicyclic) bond motifs is 1. The molecule has 2 fully saturated rings. The third-order valence-electron chi connectivity index (χ3n) is 6.78. The topological polar surface area (TPSA) is 82.6 Å². The van der Waals surface area contributed by atoms with E-state index in [-0.39, 0.29) is 30.6 Å². The quantitative estimate of drug-likeness (QED) is 0.615. The molecule has 7 nitrogen and oxygen atoms in total. The number of piperazine rings is 1. The summed E-state index contributed by atoms with van der Waals surface area (Å²) in [6, 6.07) is 21.4. The molecule has 1 aromatic heterocycles. The first kappa shape index (κ1) is 21.1. The fraction of sp³-hybridized carbons (Fsp3) is 0.308. The van der Waals surface area contributed by atoms with Crippen LogP contribution in [0.2, 0.25) is 0 Å². The molecule has 3 amide bonds. The lowest BCUT2D eigenvalue weighted by atomic mass is 9.75. The number of benzene rings is 2. The van der Waals surface area contributed by atoms with Gasteiger partial charge in [-0.2, -0.15) is 0 Å². The van der Waals surface area contributed by atoms with Crippen LogP contribution in [-0.4, -0.2) is 53.8 Å². The minimum absolute atomic E-state index is 0.0172. The van der Waals surface area contributed by atoms with Crippen molar-refractivity contribution < 1.29 is 14.4 Å². The van der Waals surface area contributed by atoms with E-state index in [1.54, 1.807) is 0 Å². The van der Waals surface area contributed by atoms with E-state index in [0.717, 1.165) is 22.3 Å². The van der Waals surface area contributed by atoms with Gasteiger partial charge in [0, 0.05) is 44.4 Å². The van der Waals surface area contributed by atoms with Crippen molar-refractivity contribution in [1.29, 1.82) is 0 Å². The van der Waals surface area contributed by atoms with Crippen molar-refractivity contribution in [3.05, 3.63) is 72.3 Å². The Hall–Kier alpha value is -3.74. The zero-order chi connectivity index (χ0) is 22.8. The lowest BCUT2D eigenvalue weighted by Gasteiger charge is -2.36. The van der Waals surface area contributed by atoms with Crippen molar-refractivity contribution in [2.45, 2.75) is 24.7 Å². The first-order valence-corrected chi connectivity index (χ1v) is 11.3. The van der Waals surface area contributed by atoms with E-state index in [4.69, 9.17) is 4.98 Å². The van der Waals surface area contributed by atoms with Gasteiger partial charge in [-0.05, 0) is 30.2 Å². The Bertz CT molecular complexity index is 1200. The second-order valence-corrected chi connectivity index (χ2v) is 8.73. The van der Waals surface area contributed by atoms with Gasteiger partial charge in [0.15, 0.2) is 0 Å². The largest absolute Gasteiger partial charge is 0.353 e. The monoisotopic (exact) mass is 442 g/mol. The van der Waals surface area contributed by atoms with Crippen molar-refractivity contribution >= 4 is 34.4 Å². The standard InChI is InChI=1S/C26H26N4O3/c31-23-18-26(25(33)28-23,20-7-2-1-3-8-20)13-12-24(32)30-16-14-29(15-17-30)22-11-10-19-6-4-5-9-21(19)27-22/h1-11H,12-18H2,(H,28,31,33). The van der Waals surface area contributed by atoms with Gasteiger partial charge >= 0.3 is 0 Å². The second-order valence-electron chi connectivity index (χ2n) is 8.73. The number of hydrogen-bond acceptors (Lipinski definition) is 5. The van der Waals surface area contributed by atoms with Crippen LogP contribution in [0.5, 0.6) is 0 Å². The third-order valence-corrected chi connectivity index (χ3v) is 6.78. The molecule has 0 spiro atoms. The Labute approximate surface area is 192 Å². The summed E-state index contributed by atoms with van der Waals surface area (Å²) in [7, 11) is 0. The van der Waals surface area contributed by atoms with Crippen LogP contribution < -0.4 is 10.2 Å². The Balaban J connectivity index is 1.23. The average molecular weight is 443 g/mol. The Morgan fingerprint density at radius 1 is 0.909 bits per heavy atom. The summed E-state index contributed by atoms with van der Waals surface area (Å²) in [4.78, 5) is 46.5. The minimum Gasteiger partial charge on any atom is -0.353 e. The first-order chi connectivity index (χ1) is 16.0. The number of para-hydroxylation sites is 1. The number of hydrogen-bond donors (Lipinski definition) is 1. The maximum atomic E-state index is 13.0. The minimum atomic E-state index is -0.967. The van der Waals surface area contributed by atoms with E-state index in [0.29, 0.717) is 32.6 Å². The third kappa shape index (κ3) is 4.06. The Kier molecular flexibility index (Phi) is 5.54. The molecule has 0 saturated carbocycles. The van der Waals surface area contributed by atoms with E-state index in [2.05, 4.69) is 16.3 Å².